The number of fused-ring (bicyclic) bond motifs is 3. The highest BCUT2D eigenvalue weighted by Crippen LogP contribution is 2.34. The van der Waals surface area contributed by atoms with Gasteiger partial charge in [-0.05, 0) is 54.8 Å². The van der Waals surface area contributed by atoms with Crippen molar-refractivity contribution >= 4 is 17.0 Å². The fourth-order valence-electron chi connectivity index (χ4n) is 5.16. The van der Waals surface area contributed by atoms with Crippen LogP contribution >= 0.6 is 0 Å². The van der Waals surface area contributed by atoms with Crippen molar-refractivity contribution in [1.29, 1.82) is 0 Å². The third kappa shape index (κ3) is 3.83. The molecule has 0 spiro atoms. The van der Waals surface area contributed by atoms with Crippen molar-refractivity contribution in [3.8, 4) is 39.9 Å². The van der Waals surface area contributed by atoms with Gasteiger partial charge in [-0.1, -0.05) is 84.9 Å². The fourth-order valence-corrected chi connectivity index (χ4v) is 5.16. The number of rotatable bonds is 4. The van der Waals surface area contributed by atoms with Gasteiger partial charge in [0.25, 0.3) is 0 Å². The maximum absolute atomic E-state index is 4.87. The summed E-state index contributed by atoms with van der Waals surface area (Å²) in [6.45, 7) is 0. The number of aryl methyl sites for hydroxylation is 1. The van der Waals surface area contributed by atoms with E-state index >= 15 is 0 Å². The van der Waals surface area contributed by atoms with Gasteiger partial charge in [0.15, 0.2) is 17.5 Å². The Bertz CT molecular complexity index is 1690. The number of nitrogens with zero attached hydrogens (tertiary/aromatic N) is 4. The first-order valence-corrected chi connectivity index (χ1v) is 12.6. The van der Waals surface area contributed by atoms with E-state index in [0.717, 1.165) is 35.2 Å². The van der Waals surface area contributed by atoms with E-state index in [1.165, 1.54) is 22.2 Å². The average molecular weight is 477 g/mol. The van der Waals surface area contributed by atoms with Crippen LogP contribution in [-0.4, -0.2) is 19.5 Å². The Morgan fingerprint density at radius 2 is 1.08 bits per heavy atom. The molecule has 2 aromatic heterocycles. The molecule has 0 saturated carbocycles. The maximum atomic E-state index is 4.87. The van der Waals surface area contributed by atoms with Crippen LogP contribution in [0.5, 0.6) is 0 Å². The molecule has 1 aliphatic rings. The number of hydrogen-bond donors (Lipinski definition) is 0. The van der Waals surface area contributed by atoms with Crippen LogP contribution < -0.4 is 0 Å². The van der Waals surface area contributed by atoms with Crippen LogP contribution in [0.25, 0.3) is 56.8 Å². The molecule has 0 bridgehead atoms. The molecule has 4 aromatic carbocycles. The van der Waals surface area contributed by atoms with E-state index in [4.69, 9.17) is 15.0 Å². The summed E-state index contributed by atoms with van der Waals surface area (Å²) >= 11 is 0. The first kappa shape index (κ1) is 21.5. The van der Waals surface area contributed by atoms with Crippen molar-refractivity contribution in [1.82, 2.24) is 19.5 Å². The number of allylic oxidation sites excluding steroid dienone is 1. The predicted octanol–water partition coefficient (Wildman–Crippen LogP) is 7.78. The summed E-state index contributed by atoms with van der Waals surface area (Å²) in [7, 11) is 0. The molecule has 0 atom stereocenters. The molecule has 0 saturated heterocycles. The van der Waals surface area contributed by atoms with Crippen molar-refractivity contribution < 1.29 is 0 Å². The van der Waals surface area contributed by atoms with Crippen molar-refractivity contribution in [2.24, 2.45) is 0 Å². The zero-order valence-electron chi connectivity index (χ0n) is 20.3. The van der Waals surface area contributed by atoms with Crippen LogP contribution in [0.2, 0.25) is 0 Å². The minimum absolute atomic E-state index is 0.665. The Morgan fingerprint density at radius 3 is 1.70 bits per heavy atom. The Labute approximate surface area is 215 Å². The SMILES string of the molecule is C1=Cc2c(c3ccccc3n2-c2ccc(-c3nc(-c4ccccc4)nc(-c4ccccc4)n3)cc2)CC1. The third-order valence-corrected chi connectivity index (χ3v) is 6.94. The predicted molar refractivity (Wildman–Crippen MR) is 150 cm³/mol. The zero-order valence-corrected chi connectivity index (χ0v) is 20.3. The average Bonchev–Trinajstić information content (AvgIpc) is 3.32. The molecule has 4 heteroatoms. The van der Waals surface area contributed by atoms with Gasteiger partial charge in [-0.25, -0.2) is 15.0 Å². The van der Waals surface area contributed by atoms with Crippen LogP contribution in [0.1, 0.15) is 17.7 Å². The molecular weight excluding hydrogens is 452 g/mol. The van der Waals surface area contributed by atoms with E-state index in [-0.39, 0.29) is 0 Å². The van der Waals surface area contributed by atoms with Gasteiger partial charge in [-0.3, -0.25) is 0 Å². The third-order valence-electron chi connectivity index (χ3n) is 6.94. The second-order valence-corrected chi connectivity index (χ2v) is 9.24. The first-order chi connectivity index (χ1) is 18.3. The maximum Gasteiger partial charge on any atom is 0.164 e. The lowest BCUT2D eigenvalue weighted by Crippen LogP contribution is -2.01. The van der Waals surface area contributed by atoms with Crippen molar-refractivity contribution in [3.63, 3.8) is 0 Å². The fraction of sp³-hybridized carbons (Fsp3) is 0.0606. The van der Waals surface area contributed by atoms with E-state index in [0.29, 0.717) is 17.5 Å². The van der Waals surface area contributed by atoms with E-state index in [2.05, 4.69) is 65.3 Å². The molecule has 37 heavy (non-hydrogen) atoms. The Morgan fingerprint density at radius 1 is 0.541 bits per heavy atom. The van der Waals surface area contributed by atoms with Crippen LogP contribution in [0, 0.1) is 0 Å². The van der Waals surface area contributed by atoms with Gasteiger partial charge in [-0.2, -0.15) is 0 Å². The molecule has 6 aromatic rings. The second-order valence-electron chi connectivity index (χ2n) is 9.24. The minimum atomic E-state index is 0.665. The molecule has 0 N–H and O–H groups in total. The quantitative estimate of drug-likeness (QED) is 0.261. The first-order valence-electron chi connectivity index (χ1n) is 12.6. The molecule has 0 fully saturated rings. The van der Waals surface area contributed by atoms with Gasteiger partial charge >= 0.3 is 0 Å². The number of para-hydroxylation sites is 1. The molecule has 1 aliphatic carbocycles. The lowest BCUT2D eigenvalue weighted by molar-refractivity contribution is 0.967. The summed E-state index contributed by atoms with van der Waals surface area (Å²) in [5, 5.41) is 1.34. The molecule has 4 nitrogen and oxygen atoms in total. The molecule has 7 rings (SSSR count). The van der Waals surface area contributed by atoms with Crippen LogP contribution in [0.15, 0.2) is 115 Å². The van der Waals surface area contributed by atoms with Gasteiger partial charge in [0.05, 0.1) is 5.52 Å². The molecule has 176 valence electrons. The monoisotopic (exact) mass is 476 g/mol. The summed E-state index contributed by atoms with van der Waals surface area (Å²) in [5.41, 5.74) is 7.98. The number of hydrogen-bond acceptors (Lipinski definition) is 3. The summed E-state index contributed by atoms with van der Waals surface area (Å²) in [4.78, 5) is 14.5. The molecule has 0 aliphatic heterocycles. The highest BCUT2D eigenvalue weighted by Gasteiger charge is 2.18. The largest absolute Gasteiger partial charge is 0.310 e. The van der Waals surface area contributed by atoms with E-state index in [9.17, 15) is 0 Å². The number of benzene rings is 4. The topological polar surface area (TPSA) is 43.6 Å². The lowest BCUT2D eigenvalue weighted by atomic mass is 10.0. The zero-order chi connectivity index (χ0) is 24.6. The molecular formula is C33H24N4. The van der Waals surface area contributed by atoms with E-state index in [1.807, 2.05) is 60.7 Å². The van der Waals surface area contributed by atoms with Gasteiger partial charge < -0.3 is 4.57 Å². The summed E-state index contributed by atoms with van der Waals surface area (Å²) in [6, 6.07) is 37.4. The summed E-state index contributed by atoms with van der Waals surface area (Å²) < 4.78 is 2.36. The van der Waals surface area contributed by atoms with E-state index < -0.39 is 0 Å². The Kier molecular flexibility index (Phi) is 5.21. The van der Waals surface area contributed by atoms with Gasteiger partial charge in [0.2, 0.25) is 0 Å². The van der Waals surface area contributed by atoms with Gasteiger partial charge in [-0.15, -0.1) is 0 Å². The standard InChI is InChI=1S/C33H24N4/c1-3-11-23(12-4-1)31-34-32(24-13-5-2-6-14-24)36-33(35-31)25-19-21-26(22-20-25)37-29-17-9-7-15-27(29)28-16-8-10-18-30(28)37/h1-7,9-15,17-22H,8,16H2. The smallest absolute Gasteiger partial charge is 0.164 e. The van der Waals surface area contributed by atoms with Crippen LogP contribution in [0.4, 0.5) is 0 Å². The van der Waals surface area contributed by atoms with Crippen molar-refractivity contribution in [2.75, 3.05) is 0 Å². The van der Waals surface area contributed by atoms with Gasteiger partial charge in [0, 0.05) is 33.5 Å². The molecule has 0 unspecified atom stereocenters. The summed E-state index contributed by atoms with van der Waals surface area (Å²) in [6.07, 6.45) is 6.70. The highest BCUT2D eigenvalue weighted by atomic mass is 15.0. The molecule has 0 amide bonds. The summed E-state index contributed by atoms with van der Waals surface area (Å²) in [5.74, 6) is 2.01. The highest BCUT2D eigenvalue weighted by molar-refractivity contribution is 5.90. The minimum Gasteiger partial charge on any atom is -0.310 e. The Hall–Kier alpha value is -4.83. The van der Waals surface area contributed by atoms with Crippen molar-refractivity contribution in [3.05, 3.63) is 127 Å². The van der Waals surface area contributed by atoms with Crippen LogP contribution in [-0.2, 0) is 6.42 Å². The van der Waals surface area contributed by atoms with Gasteiger partial charge in [0.1, 0.15) is 0 Å². The van der Waals surface area contributed by atoms with E-state index in [1.54, 1.807) is 0 Å². The molecule has 2 heterocycles. The Balaban J connectivity index is 1.35. The van der Waals surface area contributed by atoms with Crippen molar-refractivity contribution in [2.45, 2.75) is 12.8 Å². The molecule has 0 radical (unpaired) electrons. The second kappa shape index (κ2) is 8.99. The normalized spacial score (nSPS) is 12.5. The van der Waals surface area contributed by atoms with Crippen LogP contribution in [0.3, 0.4) is 0 Å². The lowest BCUT2D eigenvalue weighted by Gasteiger charge is -2.13. The number of aromatic nitrogens is 4.